The van der Waals surface area contributed by atoms with Gasteiger partial charge in [-0.05, 0) is 24.1 Å². The number of hydrogen-bond acceptors (Lipinski definition) is 5. The van der Waals surface area contributed by atoms with Crippen molar-refractivity contribution in [3.8, 4) is 6.07 Å². The second-order valence-corrected chi connectivity index (χ2v) is 4.14. The quantitative estimate of drug-likeness (QED) is 0.664. The van der Waals surface area contributed by atoms with E-state index >= 15 is 0 Å². The predicted molar refractivity (Wildman–Crippen MR) is 74.2 cm³/mol. The van der Waals surface area contributed by atoms with Crippen molar-refractivity contribution in [3.63, 3.8) is 0 Å². The van der Waals surface area contributed by atoms with E-state index in [0.29, 0.717) is 12.2 Å². The van der Waals surface area contributed by atoms with Crippen LogP contribution >= 0.6 is 0 Å². The zero-order valence-corrected chi connectivity index (χ0v) is 10.6. The second kappa shape index (κ2) is 6.29. The molecule has 6 nitrogen and oxygen atoms in total. The Kier molecular flexibility index (Phi) is 4.24. The molecule has 1 heterocycles. The Morgan fingerprint density at radius 3 is 2.90 bits per heavy atom. The number of aromatic nitrogens is 1. The molecule has 0 saturated carbocycles. The zero-order valence-electron chi connectivity index (χ0n) is 10.6. The Labute approximate surface area is 115 Å². The van der Waals surface area contributed by atoms with Crippen molar-refractivity contribution in [2.24, 2.45) is 0 Å². The van der Waals surface area contributed by atoms with Crippen molar-refractivity contribution < 1.29 is 4.92 Å². The number of nitro groups is 1. The maximum atomic E-state index is 10.6. The van der Waals surface area contributed by atoms with Crippen LogP contribution in [0.4, 0.5) is 11.4 Å². The van der Waals surface area contributed by atoms with Crippen molar-refractivity contribution in [2.45, 2.75) is 6.42 Å². The first-order valence-electron chi connectivity index (χ1n) is 6.02. The Hall–Kier alpha value is -2.94. The third kappa shape index (κ3) is 3.29. The lowest BCUT2D eigenvalue weighted by Crippen LogP contribution is -2.06. The molecule has 0 aliphatic carbocycles. The number of nitrogens with zero attached hydrogens (tertiary/aromatic N) is 3. The number of non-ortho nitro benzene ring substituents is 1. The molecule has 6 heteroatoms. The summed E-state index contributed by atoms with van der Waals surface area (Å²) in [6.07, 6.45) is 4.25. The molecule has 0 atom stereocenters. The maximum absolute atomic E-state index is 10.6. The number of nitrogens with one attached hydrogen (secondary N) is 1. The van der Waals surface area contributed by atoms with Crippen molar-refractivity contribution in [3.05, 3.63) is 64.0 Å². The van der Waals surface area contributed by atoms with E-state index in [0.717, 1.165) is 12.0 Å². The molecule has 0 aliphatic rings. The van der Waals surface area contributed by atoms with Gasteiger partial charge in [0.1, 0.15) is 6.07 Å². The summed E-state index contributed by atoms with van der Waals surface area (Å²) in [5.74, 6) is 0. The van der Waals surface area contributed by atoms with Gasteiger partial charge in [0.25, 0.3) is 5.69 Å². The second-order valence-electron chi connectivity index (χ2n) is 4.14. The van der Waals surface area contributed by atoms with Crippen molar-refractivity contribution in [2.75, 3.05) is 11.9 Å². The fraction of sp³-hybridized carbons (Fsp3) is 0.143. The highest BCUT2D eigenvalue weighted by atomic mass is 16.6. The highest BCUT2D eigenvalue weighted by Gasteiger charge is 2.10. The lowest BCUT2D eigenvalue weighted by atomic mass is 10.1. The van der Waals surface area contributed by atoms with E-state index in [4.69, 9.17) is 5.26 Å². The van der Waals surface area contributed by atoms with Crippen LogP contribution in [0.5, 0.6) is 0 Å². The van der Waals surface area contributed by atoms with Gasteiger partial charge in [0.15, 0.2) is 0 Å². The van der Waals surface area contributed by atoms with E-state index in [1.807, 2.05) is 18.2 Å². The van der Waals surface area contributed by atoms with Crippen LogP contribution in [-0.4, -0.2) is 16.5 Å². The first-order valence-corrected chi connectivity index (χ1v) is 6.02. The van der Waals surface area contributed by atoms with Gasteiger partial charge in [0, 0.05) is 31.1 Å². The van der Waals surface area contributed by atoms with Crippen LogP contribution in [0.2, 0.25) is 0 Å². The number of hydrogen-bond donors (Lipinski definition) is 1. The van der Waals surface area contributed by atoms with Crippen LogP contribution in [0.25, 0.3) is 0 Å². The molecule has 1 N–H and O–H groups in total. The molecule has 0 radical (unpaired) electrons. The standard InChI is InChI=1S/C14H12N4O2/c15-9-12-8-13(18(19)20)3-4-14(12)17-7-5-11-2-1-6-16-10-11/h1-4,6,8,10,17H,5,7H2. The fourth-order valence-corrected chi connectivity index (χ4v) is 1.78. The van der Waals surface area contributed by atoms with Crippen molar-refractivity contribution in [1.29, 1.82) is 5.26 Å². The van der Waals surface area contributed by atoms with E-state index < -0.39 is 4.92 Å². The summed E-state index contributed by atoms with van der Waals surface area (Å²) >= 11 is 0. The van der Waals surface area contributed by atoms with Crippen LogP contribution in [0.3, 0.4) is 0 Å². The van der Waals surface area contributed by atoms with Crippen LogP contribution in [-0.2, 0) is 6.42 Å². The summed E-state index contributed by atoms with van der Waals surface area (Å²) in [5.41, 5.74) is 1.87. The molecule has 0 spiro atoms. The summed E-state index contributed by atoms with van der Waals surface area (Å²) in [6, 6.07) is 10.00. The third-order valence-corrected chi connectivity index (χ3v) is 2.79. The summed E-state index contributed by atoms with van der Waals surface area (Å²) in [6.45, 7) is 0.623. The minimum Gasteiger partial charge on any atom is -0.384 e. The van der Waals surface area contributed by atoms with Crippen molar-refractivity contribution in [1.82, 2.24) is 4.98 Å². The number of nitro benzene ring substituents is 1. The van der Waals surface area contributed by atoms with Gasteiger partial charge in [0.2, 0.25) is 0 Å². The average molecular weight is 268 g/mol. The number of benzene rings is 1. The molecule has 0 fully saturated rings. The van der Waals surface area contributed by atoms with Gasteiger partial charge < -0.3 is 5.32 Å². The van der Waals surface area contributed by atoms with Gasteiger partial charge in [0.05, 0.1) is 16.2 Å². The van der Waals surface area contributed by atoms with Gasteiger partial charge in [-0.15, -0.1) is 0 Å². The van der Waals surface area contributed by atoms with E-state index in [-0.39, 0.29) is 11.3 Å². The van der Waals surface area contributed by atoms with Crippen LogP contribution < -0.4 is 5.32 Å². The molecule has 100 valence electrons. The number of rotatable bonds is 5. The number of anilines is 1. The Bertz CT molecular complexity index is 650. The van der Waals surface area contributed by atoms with Gasteiger partial charge >= 0.3 is 0 Å². The van der Waals surface area contributed by atoms with Gasteiger partial charge in [-0.1, -0.05) is 6.07 Å². The molecule has 0 aliphatic heterocycles. The summed E-state index contributed by atoms with van der Waals surface area (Å²) < 4.78 is 0. The monoisotopic (exact) mass is 268 g/mol. The van der Waals surface area contributed by atoms with Crippen molar-refractivity contribution >= 4 is 11.4 Å². The topological polar surface area (TPSA) is 91.8 Å². The van der Waals surface area contributed by atoms with Gasteiger partial charge in [-0.2, -0.15) is 5.26 Å². The van der Waals surface area contributed by atoms with Crippen LogP contribution in [0, 0.1) is 21.4 Å². The first-order chi connectivity index (χ1) is 9.70. The normalized spacial score (nSPS) is 9.75. The van der Waals surface area contributed by atoms with E-state index in [1.54, 1.807) is 18.5 Å². The highest BCUT2D eigenvalue weighted by Crippen LogP contribution is 2.21. The summed E-state index contributed by atoms with van der Waals surface area (Å²) in [7, 11) is 0. The lowest BCUT2D eigenvalue weighted by Gasteiger charge is -2.07. The minimum atomic E-state index is -0.514. The summed E-state index contributed by atoms with van der Waals surface area (Å²) in [4.78, 5) is 14.2. The molecule has 0 unspecified atom stereocenters. The highest BCUT2D eigenvalue weighted by molar-refractivity contribution is 5.61. The number of nitriles is 1. The van der Waals surface area contributed by atoms with Crippen LogP contribution in [0.1, 0.15) is 11.1 Å². The molecule has 2 rings (SSSR count). The maximum Gasteiger partial charge on any atom is 0.270 e. The molecule has 0 bridgehead atoms. The third-order valence-electron chi connectivity index (χ3n) is 2.79. The largest absolute Gasteiger partial charge is 0.384 e. The lowest BCUT2D eigenvalue weighted by molar-refractivity contribution is -0.384. The van der Waals surface area contributed by atoms with E-state index in [2.05, 4.69) is 10.3 Å². The molecular formula is C14H12N4O2. The molecule has 20 heavy (non-hydrogen) atoms. The molecular weight excluding hydrogens is 256 g/mol. The van der Waals surface area contributed by atoms with Gasteiger partial charge in [-0.25, -0.2) is 0 Å². The minimum absolute atomic E-state index is 0.0839. The first kappa shape index (κ1) is 13.5. The number of pyridine rings is 1. The average Bonchev–Trinajstić information content (AvgIpc) is 2.48. The fourth-order valence-electron chi connectivity index (χ4n) is 1.78. The molecule has 1 aromatic heterocycles. The van der Waals surface area contributed by atoms with E-state index in [1.165, 1.54) is 12.1 Å². The molecule has 0 amide bonds. The summed E-state index contributed by atoms with van der Waals surface area (Å²) in [5, 5.41) is 22.8. The molecule has 0 saturated heterocycles. The SMILES string of the molecule is N#Cc1cc([N+](=O)[O-])ccc1NCCc1cccnc1. The van der Waals surface area contributed by atoms with Gasteiger partial charge in [-0.3, -0.25) is 15.1 Å². The smallest absolute Gasteiger partial charge is 0.270 e. The zero-order chi connectivity index (χ0) is 14.4. The van der Waals surface area contributed by atoms with Crippen LogP contribution in [0.15, 0.2) is 42.7 Å². The Balaban J connectivity index is 2.03. The Morgan fingerprint density at radius 2 is 2.25 bits per heavy atom. The molecule has 1 aromatic carbocycles. The molecule has 2 aromatic rings. The Morgan fingerprint density at radius 1 is 1.40 bits per heavy atom. The van der Waals surface area contributed by atoms with E-state index in [9.17, 15) is 10.1 Å². The predicted octanol–water partition coefficient (Wildman–Crippen LogP) is 2.52.